The van der Waals surface area contributed by atoms with Gasteiger partial charge in [-0.25, -0.2) is 0 Å². The third-order valence-corrected chi connectivity index (χ3v) is 4.34. The molecule has 0 radical (unpaired) electrons. The number of methoxy groups -OCH3 is 2. The Bertz CT molecular complexity index is 399. The van der Waals surface area contributed by atoms with Crippen LogP contribution in [-0.2, 0) is 38.0 Å². The van der Waals surface area contributed by atoms with Crippen LogP contribution in [0, 0.1) is 11.8 Å². The number of carbonyl (C=O) groups excluding carboxylic acids is 2. The molecule has 0 aromatic rings. The predicted molar refractivity (Wildman–Crippen MR) is 69.5 cm³/mol. The van der Waals surface area contributed by atoms with Crippen molar-refractivity contribution in [1.29, 1.82) is 0 Å². The smallest absolute Gasteiger partial charge is 0.311 e. The van der Waals surface area contributed by atoms with Crippen molar-refractivity contribution in [3.05, 3.63) is 0 Å². The molecule has 0 amide bonds. The van der Waals surface area contributed by atoms with E-state index in [2.05, 4.69) is 0 Å². The summed E-state index contributed by atoms with van der Waals surface area (Å²) in [6, 6.07) is 0. The van der Waals surface area contributed by atoms with Gasteiger partial charge in [0.2, 0.25) is 0 Å². The Morgan fingerprint density at radius 3 is 1.59 bits per heavy atom. The molecule has 0 aromatic heterocycles. The van der Waals surface area contributed by atoms with Gasteiger partial charge >= 0.3 is 11.9 Å². The lowest BCUT2D eigenvalue weighted by atomic mass is 10.0. The number of carbonyl (C=O) groups is 2. The third-order valence-electron chi connectivity index (χ3n) is 4.34. The van der Waals surface area contributed by atoms with Crippen molar-refractivity contribution in [1.82, 2.24) is 0 Å². The fourth-order valence-electron chi connectivity index (χ4n) is 3.14. The molecule has 6 atom stereocenters. The zero-order valence-electron chi connectivity index (χ0n) is 12.6. The summed E-state index contributed by atoms with van der Waals surface area (Å²) in [6.07, 6.45) is -1.12. The van der Waals surface area contributed by atoms with E-state index in [1.807, 2.05) is 0 Å². The summed E-state index contributed by atoms with van der Waals surface area (Å²) in [7, 11) is 2.69. The zero-order valence-corrected chi connectivity index (χ0v) is 12.6. The van der Waals surface area contributed by atoms with Gasteiger partial charge in [0, 0.05) is 12.8 Å². The van der Waals surface area contributed by atoms with Crippen LogP contribution in [-0.4, -0.2) is 64.2 Å². The highest BCUT2D eigenvalue weighted by atomic mass is 16.7. The van der Waals surface area contributed by atoms with E-state index in [9.17, 15) is 9.59 Å². The van der Waals surface area contributed by atoms with E-state index in [4.69, 9.17) is 28.4 Å². The molecule has 4 bridgehead atoms. The normalized spacial score (nSPS) is 41.0. The molecule has 0 unspecified atom stereocenters. The standard InChI is InChI=1S/C14H20O8/c1-17-13(15)7-3-11-20-6-10-8(14(16)18-2)4-12(22-10)19-5-9(7)21-11/h7-12H,3-6H2,1-2H3/t7-,8-,9+,10+,11+,12+/m0/s1. The maximum Gasteiger partial charge on any atom is 0.311 e. The lowest BCUT2D eigenvalue weighted by Gasteiger charge is -2.22. The molecule has 0 N–H and O–H groups in total. The van der Waals surface area contributed by atoms with E-state index in [1.165, 1.54) is 14.2 Å². The first-order chi connectivity index (χ1) is 10.6. The number of esters is 2. The van der Waals surface area contributed by atoms with Gasteiger partial charge in [-0.2, -0.15) is 0 Å². The molecule has 3 rings (SSSR count). The van der Waals surface area contributed by atoms with Crippen LogP contribution in [0.1, 0.15) is 12.8 Å². The maximum atomic E-state index is 11.8. The first-order valence-electron chi connectivity index (χ1n) is 7.32. The molecule has 0 aromatic carbocycles. The van der Waals surface area contributed by atoms with Crippen LogP contribution in [0.4, 0.5) is 0 Å². The fraction of sp³-hybridized carbons (Fsp3) is 0.857. The second kappa shape index (κ2) is 6.49. The summed E-state index contributed by atoms with van der Waals surface area (Å²) in [5.41, 5.74) is 0. The van der Waals surface area contributed by atoms with Gasteiger partial charge in [0.1, 0.15) is 0 Å². The molecular weight excluding hydrogens is 296 g/mol. The Kier molecular flexibility index (Phi) is 4.62. The minimum atomic E-state index is -0.531. The lowest BCUT2D eigenvalue weighted by Crippen LogP contribution is -2.33. The monoisotopic (exact) mass is 316 g/mol. The van der Waals surface area contributed by atoms with Crippen LogP contribution < -0.4 is 0 Å². The molecule has 3 aliphatic heterocycles. The first kappa shape index (κ1) is 15.7. The Hall–Kier alpha value is -1.22. The topological polar surface area (TPSA) is 89.5 Å². The van der Waals surface area contributed by atoms with Gasteiger partial charge in [-0.1, -0.05) is 0 Å². The molecule has 124 valence electrons. The van der Waals surface area contributed by atoms with E-state index >= 15 is 0 Å². The van der Waals surface area contributed by atoms with Crippen LogP contribution in [0.15, 0.2) is 0 Å². The molecule has 8 nitrogen and oxygen atoms in total. The van der Waals surface area contributed by atoms with Crippen molar-refractivity contribution >= 4 is 11.9 Å². The van der Waals surface area contributed by atoms with E-state index in [0.29, 0.717) is 12.8 Å². The van der Waals surface area contributed by atoms with Crippen LogP contribution in [0.25, 0.3) is 0 Å². The van der Waals surface area contributed by atoms with Gasteiger partial charge in [-0.05, 0) is 0 Å². The average Bonchev–Trinajstić information content (AvgIpc) is 3.11. The van der Waals surface area contributed by atoms with E-state index in [0.717, 1.165) is 0 Å². The summed E-state index contributed by atoms with van der Waals surface area (Å²) >= 11 is 0. The Balaban J connectivity index is 1.69. The largest absolute Gasteiger partial charge is 0.469 e. The summed E-state index contributed by atoms with van der Waals surface area (Å²) in [5, 5.41) is 0. The quantitative estimate of drug-likeness (QED) is 0.649. The molecule has 3 aliphatic rings. The second-order valence-corrected chi connectivity index (χ2v) is 5.61. The highest BCUT2D eigenvalue weighted by Gasteiger charge is 2.47. The molecule has 3 fully saturated rings. The summed E-state index contributed by atoms with van der Waals surface area (Å²) in [6.45, 7) is 0.371. The molecule has 3 saturated heterocycles. The highest BCUT2D eigenvalue weighted by molar-refractivity contribution is 5.73. The molecule has 22 heavy (non-hydrogen) atoms. The Labute approximate surface area is 127 Å². The minimum absolute atomic E-state index is 0.185. The van der Waals surface area contributed by atoms with Crippen molar-refractivity contribution in [2.45, 2.75) is 37.6 Å². The van der Waals surface area contributed by atoms with Gasteiger partial charge in [0.25, 0.3) is 0 Å². The first-order valence-corrected chi connectivity index (χ1v) is 7.32. The third kappa shape index (κ3) is 2.96. The van der Waals surface area contributed by atoms with Crippen LogP contribution >= 0.6 is 0 Å². The van der Waals surface area contributed by atoms with Crippen molar-refractivity contribution in [2.24, 2.45) is 11.8 Å². The molecule has 0 saturated carbocycles. The van der Waals surface area contributed by atoms with Gasteiger partial charge in [-0.15, -0.1) is 0 Å². The molecule has 3 heterocycles. The molecule has 8 heteroatoms. The molecule has 0 aliphatic carbocycles. The number of hydrogen-bond donors (Lipinski definition) is 0. The number of hydrogen-bond acceptors (Lipinski definition) is 8. The van der Waals surface area contributed by atoms with E-state index in [-0.39, 0.29) is 25.2 Å². The van der Waals surface area contributed by atoms with Gasteiger partial charge in [0.05, 0.1) is 51.5 Å². The summed E-state index contributed by atoms with van der Waals surface area (Å²) in [4.78, 5) is 23.6. The van der Waals surface area contributed by atoms with Crippen molar-refractivity contribution in [2.75, 3.05) is 27.4 Å². The summed E-state index contributed by atoms with van der Waals surface area (Å²) in [5.74, 6) is -1.50. The lowest BCUT2D eigenvalue weighted by molar-refractivity contribution is -0.218. The van der Waals surface area contributed by atoms with Gasteiger partial charge in [-0.3, -0.25) is 9.59 Å². The minimum Gasteiger partial charge on any atom is -0.469 e. The zero-order chi connectivity index (χ0) is 15.7. The van der Waals surface area contributed by atoms with Gasteiger partial charge < -0.3 is 28.4 Å². The fourth-order valence-corrected chi connectivity index (χ4v) is 3.14. The molecular formula is C14H20O8. The highest BCUT2D eigenvalue weighted by Crippen LogP contribution is 2.34. The van der Waals surface area contributed by atoms with Crippen LogP contribution in [0.3, 0.4) is 0 Å². The predicted octanol–water partition coefficient (Wildman–Crippen LogP) is -0.158. The van der Waals surface area contributed by atoms with E-state index < -0.39 is 36.6 Å². The van der Waals surface area contributed by atoms with Crippen molar-refractivity contribution in [3.8, 4) is 0 Å². The van der Waals surface area contributed by atoms with Crippen molar-refractivity contribution < 1.29 is 38.0 Å². The summed E-state index contributed by atoms with van der Waals surface area (Å²) < 4.78 is 32.3. The molecule has 0 spiro atoms. The van der Waals surface area contributed by atoms with Crippen LogP contribution in [0.2, 0.25) is 0 Å². The number of ether oxygens (including phenoxy) is 6. The number of rotatable bonds is 2. The Morgan fingerprint density at radius 1 is 0.818 bits per heavy atom. The number of fused-ring (bicyclic) bond motifs is 4. The van der Waals surface area contributed by atoms with E-state index in [1.54, 1.807) is 0 Å². The van der Waals surface area contributed by atoms with Crippen molar-refractivity contribution in [3.63, 3.8) is 0 Å². The SMILES string of the molecule is COC(=O)[C@H]1C[C@@H]2OC[C@H]3O[C@H](C[C@@H]3C(=O)OC)OC[C@H]1O2. The Morgan fingerprint density at radius 2 is 1.23 bits per heavy atom. The average molecular weight is 316 g/mol. The second-order valence-electron chi connectivity index (χ2n) is 5.61. The van der Waals surface area contributed by atoms with Crippen LogP contribution in [0.5, 0.6) is 0 Å². The van der Waals surface area contributed by atoms with Gasteiger partial charge in [0.15, 0.2) is 12.6 Å². The maximum absolute atomic E-state index is 11.8.